The van der Waals surface area contributed by atoms with Gasteiger partial charge in [-0.05, 0) is 36.4 Å². The molecule has 1 heterocycles. The minimum Gasteiger partial charge on any atom is -0.384 e. The second-order valence-corrected chi connectivity index (χ2v) is 6.78. The maximum atomic E-state index is 6.26. The van der Waals surface area contributed by atoms with Crippen LogP contribution in [-0.4, -0.2) is 29.4 Å². The fourth-order valence-corrected chi connectivity index (χ4v) is 3.32. The number of ether oxygens (including phenoxy) is 1. The van der Waals surface area contributed by atoms with Gasteiger partial charge < -0.3 is 10.1 Å². The molecule has 0 unspecified atom stereocenters. The van der Waals surface area contributed by atoms with Crippen molar-refractivity contribution >= 4 is 58.2 Å². The zero-order chi connectivity index (χ0) is 17.6. The highest BCUT2D eigenvalue weighted by atomic mass is 35.5. The number of rotatable bonds is 6. The Hall–Kier alpha value is -1.97. The standard InChI is InChI=1S/C19H16ClN3OS.ClH/c1-3-13-4-7-16(20)18(10-13)23-19-15-6-5-14(25-9-8-24-2)11-17(15)21-12-22-19;/h1,4-7,10-12H,8-9H2,2H3,(H,21,22,23);1H. The summed E-state index contributed by atoms with van der Waals surface area (Å²) in [7, 11) is 1.70. The molecule has 3 rings (SSSR count). The van der Waals surface area contributed by atoms with Gasteiger partial charge in [0.1, 0.15) is 12.1 Å². The predicted molar refractivity (Wildman–Crippen MR) is 112 cm³/mol. The van der Waals surface area contributed by atoms with Crippen molar-refractivity contribution in [2.75, 3.05) is 24.8 Å². The van der Waals surface area contributed by atoms with E-state index in [1.54, 1.807) is 31.0 Å². The van der Waals surface area contributed by atoms with Gasteiger partial charge in [-0.3, -0.25) is 0 Å². The Labute approximate surface area is 168 Å². The van der Waals surface area contributed by atoms with E-state index in [-0.39, 0.29) is 12.4 Å². The van der Waals surface area contributed by atoms with Gasteiger partial charge in [-0.2, -0.15) is 0 Å². The average Bonchev–Trinajstić information content (AvgIpc) is 2.64. The predicted octanol–water partition coefficient (Wildman–Crippen LogP) is 5.17. The van der Waals surface area contributed by atoms with Crippen LogP contribution in [0.1, 0.15) is 5.56 Å². The van der Waals surface area contributed by atoms with Crippen LogP contribution in [0.5, 0.6) is 0 Å². The Balaban J connectivity index is 0.00000243. The number of methoxy groups -OCH3 is 1. The molecular formula is C19H17Cl2N3OS. The van der Waals surface area contributed by atoms with Crippen molar-refractivity contribution < 1.29 is 4.74 Å². The summed E-state index contributed by atoms with van der Waals surface area (Å²) in [5.41, 5.74) is 2.34. The molecule has 26 heavy (non-hydrogen) atoms. The molecule has 0 radical (unpaired) electrons. The van der Waals surface area contributed by atoms with E-state index in [2.05, 4.69) is 27.3 Å². The van der Waals surface area contributed by atoms with Gasteiger partial charge in [0.05, 0.1) is 22.8 Å². The fraction of sp³-hybridized carbons (Fsp3) is 0.158. The largest absolute Gasteiger partial charge is 0.384 e. The molecule has 0 fully saturated rings. The Bertz CT molecular complexity index is 944. The smallest absolute Gasteiger partial charge is 0.141 e. The van der Waals surface area contributed by atoms with Crippen molar-refractivity contribution in [1.29, 1.82) is 0 Å². The Morgan fingerprint density at radius 2 is 2.08 bits per heavy atom. The number of aromatic nitrogens is 2. The molecule has 7 heteroatoms. The van der Waals surface area contributed by atoms with Gasteiger partial charge in [-0.1, -0.05) is 17.5 Å². The number of fused-ring (bicyclic) bond motifs is 1. The van der Waals surface area contributed by atoms with Crippen LogP contribution in [0.2, 0.25) is 5.02 Å². The second kappa shape index (κ2) is 9.65. The van der Waals surface area contributed by atoms with Crippen molar-refractivity contribution in [1.82, 2.24) is 9.97 Å². The lowest BCUT2D eigenvalue weighted by molar-refractivity contribution is 0.218. The number of benzene rings is 2. The highest BCUT2D eigenvalue weighted by Crippen LogP contribution is 2.30. The summed E-state index contributed by atoms with van der Waals surface area (Å²) < 4.78 is 5.08. The molecule has 2 aromatic carbocycles. The van der Waals surface area contributed by atoms with Gasteiger partial charge in [0.2, 0.25) is 0 Å². The molecule has 0 amide bonds. The lowest BCUT2D eigenvalue weighted by Crippen LogP contribution is -1.97. The van der Waals surface area contributed by atoms with Crippen LogP contribution in [-0.2, 0) is 4.74 Å². The summed E-state index contributed by atoms with van der Waals surface area (Å²) >= 11 is 7.99. The topological polar surface area (TPSA) is 47.0 Å². The Kier molecular flexibility index (Phi) is 7.55. The molecule has 0 aliphatic carbocycles. The quantitative estimate of drug-likeness (QED) is 0.348. The van der Waals surface area contributed by atoms with E-state index in [4.69, 9.17) is 22.8 Å². The van der Waals surface area contributed by atoms with E-state index in [1.807, 2.05) is 18.2 Å². The van der Waals surface area contributed by atoms with Crippen molar-refractivity contribution in [2.45, 2.75) is 4.90 Å². The minimum absolute atomic E-state index is 0. The number of hydrogen-bond acceptors (Lipinski definition) is 5. The van der Waals surface area contributed by atoms with E-state index in [0.717, 1.165) is 32.8 Å². The van der Waals surface area contributed by atoms with Crippen LogP contribution in [0, 0.1) is 12.3 Å². The molecule has 0 bridgehead atoms. The lowest BCUT2D eigenvalue weighted by atomic mass is 10.2. The summed E-state index contributed by atoms with van der Waals surface area (Å²) in [6, 6.07) is 11.5. The molecule has 0 saturated heterocycles. The van der Waals surface area contributed by atoms with E-state index in [0.29, 0.717) is 17.4 Å². The highest BCUT2D eigenvalue weighted by Gasteiger charge is 2.08. The Morgan fingerprint density at radius 1 is 1.23 bits per heavy atom. The zero-order valence-electron chi connectivity index (χ0n) is 14.0. The highest BCUT2D eigenvalue weighted by molar-refractivity contribution is 7.99. The first-order valence-corrected chi connectivity index (χ1v) is 8.97. The van der Waals surface area contributed by atoms with Crippen molar-refractivity contribution in [3.63, 3.8) is 0 Å². The van der Waals surface area contributed by atoms with Gasteiger partial charge in [0, 0.05) is 28.7 Å². The number of halogens is 2. The third-order valence-corrected chi connectivity index (χ3v) is 4.84. The number of nitrogens with zero attached hydrogens (tertiary/aromatic N) is 2. The lowest BCUT2D eigenvalue weighted by Gasteiger charge is -2.11. The first kappa shape index (κ1) is 20.3. The van der Waals surface area contributed by atoms with Crippen LogP contribution in [0.25, 0.3) is 10.9 Å². The molecule has 1 N–H and O–H groups in total. The van der Waals surface area contributed by atoms with Gasteiger partial charge in [-0.15, -0.1) is 30.6 Å². The summed E-state index contributed by atoms with van der Waals surface area (Å²) in [6.45, 7) is 0.712. The molecule has 0 spiro atoms. The maximum absolute atomic E-state index is 6.26. The first-order valence-electron chi connectivity index (χ1n) is 7.61. The monoisotopic (exact) mass is 405 g/mol. The maximum Gasteiger partial charge on any atom is 0.141 e. The van der Waals surface area contributed by atoms with Crippen LogP contribution in [0.4, 0.5) is 11.5 Å². The number of hydrogen-bond donors (Lipinski definition) is 1. The molecule has 0 aliphatic rings. The normalized spacial score (nSPS) is 10.2. The SMILES string of the molecule is C#Cc1ccc(Cl)c(Nc2ncnc3cc(SCCOC)ccc23)c1.Cl. The van der Waals surface area contributed by atoms with Crippen LogP contribution in [0.15, 0.2) is 47.6 Å². The van der Waals surface area contributed by atoms with E-state index in [1.165, 1.54) is 6.33 Å². The molecule has 0 aliphatic heterocycles. The van der Waals surface area contributed by atoms with Gasteiger partial charge in [0.25, 0.3) is 0 Å². The second-order valence-electron chi connectivity index (χ2n) is 5.21. The molecule has 0 saturated carbocycles. The van der Waals surface area contributed by atoms with Gasteiger partial charge in [-0.25, -0.2) is 9.97 Å². The number of terminal acetylenes is 1. The number of anilines is 2. The summed E-state index contributed by atoms with van der Waals surface area (Å²) in [5.74, 6) is 4.19. The molecule has 3 aromatic rings. The summed E-state index contributed by atoms with van der Waals surface area (Å²) in [4.78, 5) is 9.85. The number of thioether (sulfide) groups is 1. The number of nitrogens with one attached hydrogen (secondary N) is 1. The molecule has 4 nitrogen and oxygen atoms in total. The van der Waals surface area contributed by atoms with E-state index >= 15 is 0 Å². The van der Waals surface area contributed by atoms with E-state index in [9.17, 15) is 0 Å². The summed E-state index contributed by atoms with van der Waals surface area (Å²) in [6.07, 6.45) is 7.00. The molecule has 0 atom stereocenters. The third kappa shape index (κ3) is 4.80. The zero-order valence-corrected chi connectivity index (χ0v) is 16.4. The van der Waals surface area contributed by atoms with Crippen LogP contribution >= 0.6 is 35.8 Å². The molecule has 1 aromatic heterocycles. The third-order valence-electron chi connectivity index (χ3n) is 3.55. The molecular weight excluding hydrogens is 389 g/mol. The average molecular weight is 406 g/mol. The van der Waals surface area contributed by atoms with Crippen molar-refractivity contribution in [2.24, 2.45) is 0 Å². The van der Waals surface area contributed by atoms with Gasteiger partial charge in [0.15, 0.2) is 0 Å². The van der Waals surface area contributed by atoms with Gasteiger partial charge >= 0.3 is 0 Å². The molecule has 134 valence electrons. The minimum atomic E-state index is 0. The summed E-state index contributed by atoms with van der Waals surface area (Å²) in [5, 5.41) is 4.75. The van der Waals surface area contributed by atoms with Crippen LogP contribution < -0.4 is 5.32 Å². The van der Waals surface area contributed by atoms with Crippen molar-refractivity contribution in [3.8, 4) is 12.3 Å². The van der Waals surface area contributed by atoms with E-state index < -0.39 is 0 Å². The Morgan fingerprint density at radius 3 is 2.85 bits per heavy atom. The van der Waals surface area contributed by atoms with Crippen molar-refractivity contribution in [3.05, 3.63) is 53.3 Å². The first-order chi connectivity index (χ1) is 12.2. The van der Waals surface area contributed by atoms with Crippen LogP contribution in [0.3, 0.4) is 0 Å². The fourth-order valence-electron chi connectivity index (χ4n) is 2.31.